The highest BCUT2D eigenvalue weighted by molar-refractivity contribution is 5.80. The number of carbonyl (C=O) groups excluding carboxylic acids is 1. The molecule has 15 heavy (non-hydrogen) atoms. The maximum atomic E-state index is 11.5. The number of carbonyl (C=O) groups is 1. The van der Waals surface area contributed by atoms with Gasteiger partial charge >= 0.3 is 0 Å². The second kappa shape index (κ2) is 4.61. The van der Waals surface area contributed by atoms with Gasteiger partial charge < -0.3 is 0 Å². The van der Waals surface area contributed by atoms with E-state index in [-0.39, 0.29) is 0 Å². The molecule has 1 fully saturated rings. The second-order valence-corrected chi connectivity index (χ2v) is 4.47. The Morgan fingerprint density at radius 2 is 2.00 bits per heavy atom. The number of rotatable bonds is 2. The molecule has 1 heteroatoms. The van der Waals surface area contributed by atoms with Gasteiger partial charge in [-0.25, -0.2) is 0 Å². The summed E-state index contributed by atoms with van der Waals surface area (Å²) in [6.45, 7) is 2.23. The lowest BCUT2D eigenvalue weighted by Crippen LogP contribution is -2.22. The summed E-state index contributed by atoms with van der Waals surface area (Å²) >= 11 is 0. The monoisotopic (exact) mass is 202 g/mol. The van der Waals surface area contributed by atoms with Crippen LogP contribution in [0.5, 0.6) is 0 Å². The molecule has 1 aromatic carbocycles. The molecule has 1 aromatic rings. The molecule has 1 aliphatic carbocycles. The summed E-state index contributed by atoms with van der Waals surface area (Å²) in [4.78, 5) is 11.5. The maximum absolute atomic E-state index is 11.5. The van der Waals surface area contributed by atoms with Crippen molar-refractivity contribution in [2.75, 3.05) is 0 Å². The highest BCUT2D eigenvalue weighted by Crippen LogP contribution is 2.37. The van der Waals surface area contributed by atoms with Crippen molar-refractivity contribution in [1.82, 2.24) is 0 Å². The van der Waals surface area contributed by atoms with Crippen LogP contribution in [0.4, 0.5) is 0 Å². The first-order valence-electron chi connectivity index (χ1n) is 5.88. The van der Waals surface area contributed by atoms with Gasteiger partial charge in [-0.05, 0) is 23.8 Å². The third-order valence-corrected chi connectivity index (χ3v) is 3.56. The lowest BCUT2D eigenvalue weighted by Gasteiger charge is -2.30. The summed E-state index contributed by atoms with van der Waals surface area (Å²) in [6, 6.07) is 10.5. The summed E-state index contributed by atoms with van der Waals surface area (Å²) in [5.41, 5.74) is 1.34. The van der Waals surface area contributed by atoms with Crippen LogP contribution in [-0.2, 0) is 4.79 Å². The van der Waals surface area contributed by atoms with Gasteiger partial charge in [0.15, 0.2) is 0 Å². The minimum Gasteiger partial charge on any atom is -0.300 e. The van der Waals surface area contributed by atoms with Crippen molar-refractivity contribution in [3.05, 3.63) is 35.9 Å². The number of hydrogen-bond donors (Lipinski definition) is 0. The SMILES string of the molecule is CCC1CCC(=O)CC1c1ccccc1. The zero-order chi connectivity index (χ0) is 10.7. The van der Waals surface area contributed by atoms with Gasteiger partial charge in [0.05, 0.1) is 0 Å². The van der Waals surface area contributed by atoms with Crippen LogP contribution < -0.4 is 0 Å². The quantitative estimate of drug-likeness (QED) is 0.716. The van der Waals surface area contributed by atoms with Crippen molar-refractivity contribution in [3.8, 4) is 0 Å². The predicted molar refractivity (Wildman–Crippen MR) is 61.8 cm³/mol. The van der Waals surface area contributed by atoms with E-state index < -0.39 is 0 Å². The first kappa shape index (κ1) is 10.4. The largest absolute Gasteiger partial charge is 0.300 e. The molecule has 1 saturated carbocycles. The van der Waals surface area contributed by atoms with Gasteiger partial charge in [-0.1, -0.05) is 43.7 Å². The van der Waals surface area contributed by atoms with Gasteiger partial charge in [-0.15, -0.1) is 0 Å². The van der Waals surface area contributed by atoms with Gasteiger partial charge in [-0.2, -0.15) is 0 Å². The van der Waals surface area contributed by atoms with Crippen molar-refractivity contribution >= 4 is 5.78 Å². The fraction of sp³-hybridized carbons (Fsp3) is 0.500. The van der Waals surface area contributed by atoms with Crippen LogP contribution in [-0.4, -0.2) is 5.78 Å². The second-order valence-electron chi connectivity index (χ2n) is 4.47. The van der Waals surface area contributed by atoms with Crippen LogP contribution in [0.15, 0.2) is 30.3 Å². The maximum Gasteiger partial charge on any atom is 0.133 e. The Hall–Kier alpha value is -1.11. The van der Waals surface area contributed by atoms with Crippen molar-refractivity contribution in [1.29, 1.82) is 0 Å². The molecule has 2 atom stereocenters. The van der Waals surface area contributed by atoms with E-state index in [9.17, 15) is 4.79 Å². The lowest BCUT2D eigenvalue weighted by atomic mass is 9.74. The Labute approximate surface area is 91.5 Å². The van der Waals surface area contributed by atoms with Crippen LogP contribution >= 0.6 is 0 Å². The first-order chi connectivity index (χ1) is 7.31. The molecule has 0 bridgehead atoms. The summed E-state index contributed by atoms with van der Waals surface area (Å²) in [5, 5.41) is 0. The summed E-state index contributed by atoms with van der Waals surface area (Å²) in [7, 11) is 0. The van der Waals surface area contributed by atoms with E-state index >= 15 is 0 Å². The molecule has 0 aliphatic heterocycles. The minimum absolute atomic E-state index is 0.438. The predicted octanol–water partition coefficient (Wildman–Crippen LogP) is 3.55. The average molecular weight is 202 g/mol. The molecule has 0 amide bonds. The first-order valence-corrected chi connectivity index (χ1v) is 5.88. The third-order valence-electron chi connectivity index (χ3n) is 3.56. The standard InChI is InChI=1S/C14H18O/c1-2-11-8-9-13(15)10-14(11)12-6-4-3-5-7-12/h3-7,11,14H,2,8-10H2,1H3. The lowest BCUT2D eigenvalue weighted by molar-refractivity contribution is -0.121. The molecular weight excluding hydrogens is 184 g/mol. The van der Waals surface area contributed by atoms with Gasteiger partial charge in [0.2, 0.25) is 0 Å². The van der Waals surface area contributed by atoms with Crippen LogP contribution in [0.3, 0.4) is 0 Å². The van der Waals surface area contributed by atoms with Crippen molar-refractivity contribution in [2.24, 2.45) is 5.92 Å². The molecule has 2 unspecified atom stereocenters. The van der Waals surface area contributed by atoms with E-state index in [4.69, 9.17) is 0 Å². The van der Waals surface area contributed by atoms with Crippen molar-refractivity contribution < 1.29 is 4.79 Å². The smallest absolute Gasteiger partial charge is 0.133 e. The summed E-state index contributed by atoms with van der Waals surface area (Å²) in [5.74, 6) is 1.61. The fourth-order valence-electron chi connectivity index (χ4n) is 2.64. The van der Waals surface area contributed by atoms with E-state index in [1.165, 1.54) is 12.0 Å². The third kappa shape index (κ3) is 2.28. The van der Waals surface area contributed by atoms with E-state index in [1.54, 1.807) is 0 Å². The van der Waals surface area contributed by atoms with E-state index in [2.05, 4.69) is 31.2 Å². The minimum atomic E-state index is 0.438. The molecule has 1 aliphatic rings. The molecule has 0 aromatic heterocycles. The Kier molecular flexibility index (Phi) is 3.20. The van der Waals surface area contributed by atoms with E-state index in [0.29, 0.717) is 17.6 Å². The Balaban J connectivity index is 2.21. The zero-order valence-corrected chi connectivity index (χ0v) is 9.28. The molecule has 80 valence electrons. The van der Waals surface area contributed by atoms with Crippen molar-refractivity contribution in [2.45, 2.75) is 38.5 Å². The summed E-state index contributed by atoms with van der Waals surface area (Å²) < 4.78 is 0. The van der Waals surface area contributed by atoms with Crippen LogP contribution in [0.1, 0.15) is 44.1 Å². The number of hydrogen-bond acceptors (Lipinski definition) is 1. The van der Waals surface area contributed by atoms with Gasteiger partial charge in [0.25, 0.3) is 0 Å². The van der Waals surface area contributed by atoms with Crippen molar-refractivity contribution in [3.63, 3.8) is 0 Å². The molecule has 0 heterocycles. The Morgan fingerprint density at radius 3 is 2.67 bits per heavy atom. The average Bonchev–Trinajstić information content (AvgIpc) is 2.30. The van der Waals surface area contributed by atoms with Crippen LogP contribution in [0.25, 0.3) is 0 Å². The number of Topliss-reactive ketones (excluding diaryl/α,β-unsaturated/α-hetero) is 1. The summed E-state index contributed by atoms with van der Waals surface area (Å²) in [6.07, 6.45) is 3.81. The van der Waals surface area contributed by atoms with E-state index in [0.717, 1.165) is 19.3 Å². The van der Waals surface area contributed by atoms with Gasteiger partial charge in [-0.3, -0.25) is 4.79 Å². The molecule has 0 saturated heterocycles. The van der Waals surface area contributed by atoms with Crippen LogP contribution in [0, 0.1) is 5.92 Å². The fourth-order valence-corrected chi connectivity index (χ4v) is 2.64. The molecule has 0 radical (unpaired) electrons. The highest BCUT2D eigenvalue weighted by atomic mass is 16.1. The molecule has 0 N–H and O–H groups in total. The van der Waals surface area contributed by atoms with Crippen LogP contribution in [0.2, 0.25) is 0 Å². The zero-order valence-electron chi connectivity index (χ0n) is 9.28. The van der Waals surface area contributed by atoms with E-state index in [1.807, 2.05) is 6.07 Å². The molecule has 1 nitrogen and oxygen atoms in total. The highest BCUT2D eigenvalue weighted by Gasteiger charge is 2.28. The number of benzene rings is 1. The molecule has 0 spiro atoms. The molecular formula is C14H18O. The Bertz CT molecular complexity index is 328. The number of ketones is 1. The Morgan fingerprint density at radius 1 is 1.27 bits per heavy atom. The van der Waals surface area contributed by atoms with Gasteiger partial charge in [0, 0.05) is 12.8 Å². The molecule has 2 rings (SSSR count). The topological polar surface area (TPSA) is 17.1 Å². The van der Waals surface area contributed by atoms with Gasteiger partial charge in [0.1, 0.15) is 5.78 Å². The normalized spacial score (nSPS) is 26.6.